The first-order valence-electron chi connectivity index (χ1n) is 8.46. The van der Waals surface area contributed by atoms with Crippen LogP contribution in [0.5, 0.6) is 0 Å². The Morgan fingerprint density at radius 1 is 1.30 bits per heavy atom. The number of fused-ring (bicyclic) bond motifs is 1. The van der Waals surface area contributed by atoms with Crippen LogP contribution in [0.4, 0.5) is 8.78 Å². The maximum Gasteiger partial charge on any atom is 0.251 e. The topological polar surface area (TPSA) is 61.0 Å². The third-order valence-corrected chi connectivity index (χ3v) is 4.93. The van der Waals surface area contributed by atoms with E-state index in [1.165, 1.54) is 24.1 Å². The fraction of sp³-hybridized carbons (Fsp3) is 0.750. The van der Waals surface area contributed by atoms with Gasteiger partial charge in [0.25, 0.3) is 6.43 Å². The lowest BCUT2D eigenvalue weighted by Crippen LogP contribution is -2.42. The number of likely N-dealkylation sites (tertiary alicyclic amines) is 1. The zero-order valence-electron chi connectivity index (χ0n) is 13.3. The highest BCUT2D eigenvalue weighted by atomic mass is 19.3. The molecule has 1 fully saturated rings. The number of hydrogen-bond donors (Lipinski definition) is 2. The summed E-state index contributed by atoms with van der Waals surface area (Å²) in [5, 5.41) is 10.4. The van der Waals surface area contributed by atoms with Gasteiger partial charge in [-0.2, -0.15) is 5.10 Å². The van der Waals surface area contributed by atoms with Gasteiger partial charge in [0.1, 0.15) is 0 Å². The molecule has 0 saturated carbocycles. The zero-order chi connectivity index (χ0) is 16.2. The number of alkyl halides is 2. The maximum absolute atomic E-state index is 12.4. The van der Waals surface area contributed by atoms with E-state index in [1.54, 1.807) is 4.90 Å². The van der Waals surface area contributed by atoms with Crippen molar-refractivity contribution in [1.29, 1.82) is 0 Å². The van der Waals surface area contributed by atoms with Gasteiger partial charge in [-0.1, -0.05) is 0 Å². The molecule has 0 unspecified atom stereocenters. The number of aromatic amines is 1. The molecule has 0 radical (unpaired) electrons. The molecule has 1 aliphatic heterocycles. The second-order valence-electron chi connectivity index (χ2n) is 6.52. The maximum atomic E-state index is 12.4. The number of halogens is 2. The Labute approximate surface area is 134 Å². The van der Waals surface area contributed by atoms with Crippen LogP contribution in [0.3, 0.4) is 0 Å². The number of carbonyl (C=O) groups excluding carboxylic acids is 1. The van der Waals surface area contributed by atoms with Gasteiger partial charge in [0.05, 0.1) is 18.8 Å². The zero-order valence-corrected chi connectivity index (χ0v) is 13.3. The van der Waals surface area contributed by atoms with Crippen LogP contribution in [0, 0.1) is 5.92 Å². The van der Waals surface area contributed by atoms with Crippen LogP contribution in [-0.2, 0) is 24.2 Å². The summed E-state index contributed by atoms with van der Waals surface area (Å²) in [4.78, 5) is 14.0. The number of hydrogen-bond acceptors (Lipinski definition) is 3. The van der Waals surface area contributed by atoms with Gasteiger partial charge in [-0.3, -0.25) is 14.8 Å². The highest BCUT2D eigenvalue weighted by molar-refractivity contribution is 5.78. The summed E-state index contributed by atoms with van der Waals surface area (Å²) >= 11 is 0. The van der Waals surface area contributed by atoms with Crippen molar-refractivity contribution in [2.45, 2.75) is 51.5 Å². The molecular formula is C16H24F2N4O. The predicted octanol–water partition coefficient (Wildman–Crippen LogP) is 1.88. The third kappa shape index (κ3) is 4.07. The fourth-order valence-electron chi connectivity index (χ4n) is 3.58. The van der Waals surface area contributed by atoms with Gasteiger partial charge in [-0.15, -0.1) is 0 Å². The number of piperidine rings is 1. The summed E-state index contributed by atoms with van der Waals surface area (Å²) in [5.74, 6) is -0.0482. The number of rotatable bonds is 5. The molecule has 2 heterocycles. The van der Waals surface area contributed by atoms with E-state index < -0.39 is 6.43 Å². The van der Waals surface area contributed by atoms with Gasteiger partial charge in [0, 0.05) is 11.6 Å². The first kappa shape index (κ1) is 16.4. The minimum Gasteiger partial charge on any atom is -0.350 e. The highest BCUT2D eigenvalue weighted by Gasteiger charge is 2.26. The molecule has 23 heavy (non-hydrogen) atoms. The smallest absolute Gasteiger partial charge is 0.251 e. The lowest BCUT2D eigenvalue weighted by molar-refractivity contribution is -0.126. The summed E-state index contributed by atoms with van der Waals surface area (Å²) in [6, 6.07) is 0. The molecule has 1 aromatic heterocycles. The van der Waals surface area contributed by atoms with Crippen molar-refractivity contribution in [3.05, 3.63) is 17.0 Å². The molecule has 1 saturated heterocycles. The lowest BCUT2D eigenvalue weighted by atomic mass is 9.95. The molecule has 1 aliphatic carbocycles. The fourth-order valence-corrected chi connectivity index (χ4v) is 3.58. The molecule has 0 atom stereocenters. The molecule has 2 N–H and O–H groups in total. The molecule has 128 valence electrons. The minimum absolute atomic E-state index is 0.0225. The van der Waals surface area contributed by atoms with E-state index in [-0.39, 0.29) is 18.4 Å². The van der Waals surface area contributed by atoms with Gasteiger partial charge in [-0.25, -0.2) is 8.78 Å². The monoisotopic (exact) mass is 326 g/mol. The molecule has 1 aromatic rings. The highest BCUT2D eigenvalue weighted by Crippen LogP contribution is 2.22. The Morgan fingerprint density at radius 3 is 2.78 bits per heavy atom. The van der Waals surface area contributed by atoms with Crippen molar-refractivity contribution in [3.63, 3.8) is 0 Å². The van der Waals surface area contributed by atoms with E-state index >= 15 is 0 Å². The van der Waals surface area contributed by atoms with Crippen molar-refractivity contribution < 1.29 is 13.6 Å². The molecule has 0 spiro atoms. The Kier molecular flexibility index (Phi) is 5.25. The largest absolute Gasteiger partial charge is 0.350 e. The van der Waals surface area contributed by atoms with Crippen LogP contribution < -0.4 is 5.32 Å². The summed E-state index contributed by atoms with van der Waals surface area (Å²) in [7, 11) is 0. The van der Waals surface area contributed by atoms with Crippen LogP contribution in [0.2, 0.25) is 0 Å². The Balaban J connectivity index is 1.46. The summed E-state index contributed by atoms with van der Waals surface area (Å²) in [6.45, 7) is 1.41. The van der Waals surface area contributed by atoms with E-state index in [0.717, 1.165) is 18.5 Å². The average Bonchev–Trinajstić information content (AvgIpc) is 2.96. The number of aromatic nitrogens is 2. The van der Waals surface area contributed by atoms with Crippen LogP contribution in [-0.4, -0.2) is 47.1 Å². The van der Waals surface area contributed by atoms with Crippen molar-refractivity contribution in [1.82, 2.24) is 20.4 Å². The van der Waals surface area contributed by atoms with Crippen LogP contribution in [0.25, 0.3) is 0 Å². The first-order chi connectivity index (χ1) is 11.1. The number of aryl methyl sites for hydroxylation is 1. The quantitative estimate of drug-likeness (QED) is 0.868. The molecule has 7 heteroatoms. The Hall–Kier alpha value is -1.50. The number of H-pyrrole nitrogens is 1. The van der Waals surface area contributed by atoms with Crippen LogP contribution in [0.1, 0.15) is 42.6 Å². The minimum atomic E-state index is -2.30. The Morgan fingerprint density at radius 2 is 2.04 bits per heavy atom. The molecule has 1 amide bonds. The van der Waals surface area contributed by atoms with Gasteiger partial charge >= 0.3 is 0 Å². The normalized spacial score (nSPS) is 19.8. The SMILES string of the molecule is O=C(NCc1n[nH]c2c1CCCC2)C1CCN(CC(F)F)CC1. The molecule has 0 aromatic carbocycles. The number of nitrogens with one attached hydrogen (secondary N) is 2. The van der Waals surface area contributed by atoms with Crippen molar-refractivity contribution in [2.24, 2.45) is 5.92 Å². The summed E-state index contributed by atoms with van der Waals surface area (Å²) in [6.07, 6.45) is 3.44. The Bertz CT molecular complexity index is 538. The predicted molar refractivity (Wildman–Crippen MR) is 82.2 cm³/mol. The van der Waals surface area contributed by atoms with Gasteiger partial charge in [-0.05, 0) is 57.2 Å². The van der Waals surface area contributed by atoms with Crippen LogP contribution >= 0.6 is 0 Å². The summed E-state index contributed by atoms with van der Waals surface area (Å²) in [5.41, 5.74) is 3.42. The lowest BCUT2D eigenvalue weighted by Gasteiger charge is -2.30. The van der Waals surface area contributed by atoms with Gasteiger partial charge < -0.3 is 5.32 Å². The second kappa shape index (κ2) is 7.38. The first-order valence-corrected chi connectivity index (χ1v) is 8.46. The molecule has 2 aliphatic rings. The molecular weight excluding hydrogens is 302 g/mol. The van der Waals surface area contributed by atoms with E-state index in [4.69, 9.17) is 0 Å². The number of amides is 1. The van der Waals surface area contributed by atoms with Gasteiger partial charge in [0.2, 0.25) is 5.91 Å². The third-order valence-electron chi connectivity index (χ3n) is 4.93. The van der Waals surface area contributed by atoms with Crippen molar-refractivity contribution >= 4 is 5.91 Å². The molecule has 5 nitrogen and oxygen atoms in total. The summed E-state index contributed by atoms with van der Waals surface area (Å²) < 4.78 is 24.7. The van der Waals surface area contributed by atoms with Gasteiger partial charge in [0.15, 0.2) is 0 Å². The van der Waals surface area contributed by atoms with E-state index in [2.05, 4.69) is 15.5 Å². The molecule has 3 rings (SSSR count). The van der Waals surface area contributed by atoms with Crippen molar-refractivity contribution in [3.8, 4) is 0 Å². The van der Waals surface area contributed by atoms with E-state index in [0.29, 0.717) is 32.5 Å². The van der Waals surface area contributed by atoms with Crippen LogP contribution in [0.15, 0.2) is 0 Å². The van der Waals surface area contributed by atoms with E-state index in [1.807, 2.05) is 0 Å². The average molecular weight is 326 g/mol. The molecule has 0 bridgehead atoms. The van der Waals surface area contributed by atoms with Crippen molar-refractivity contribution in [2.75, 3.05) is 19.6 Å². The standard InChI is InChI=1S/C16H24F2N4O/c17-15(18)10-22-7-5-11(6-8-22)16(23)19-9-14-12-3-1-2-4-13(12)20-21-14/h11,15H,1-10H2,(H,19,23)(H,20,21). The van der Waals surface area contributed by atoms with E-state index in [9.17, 15) is 13.6 Å². The second-order valence-corrected chi connectivity index (χ2v) is 6.52. The number of carbonyl (C=O) groups is 1. The number of nitrogens with zero attached hydrogens (tertiary/aromatic N) is 2.